The molecule has 0 N–H and O–H groups in total. The van der Waals surface area contributed by atoms with Crippen LogP contribution in [0.4, 0.5) is 0 Å². The minimum atomic E-state index is -1.60. The summed E-state index contributed by atoms with van der Waals surface area (Å²) in [6.45, 7) is 16.9. The van der Waals surface area contributed by atoms with Crippen molar-refractivity contribution in [1.29, 1.82) is 0 Å². The van der Waals surface area contributed by atoms with Gasteiger partial charge in [0, 0.05) is 0 Å². The predicted octanol–water partition coefficient (Wildman–Crippen LogP) is 2.99. The second-order valence-electron chi connectivity index (χ2n) is 3.15. The van der Waals surface area contributed by atoms with Gasteiger partial charge in [-0.2, -0.15) is 0 Å². The van der Waals surface area contributed by atoms with Crippen LogP contribution in [-0.2, 0) is 4.57 Å². The third kappa shape index (κ3) is 5.17. The summed E-state index contributed by atoms with van der Waals surface area (Å²) in [7, 11) is -1.60. The standard InChI is InChI=1S/C12H20N2OP/c1-5-9-13(10-6-2)16(15)14(11-7-3)12-8-4/h5-8H,1-4,9-12H2/q+1. The number of hydrogen-bond donors (Lipinski definition) is 0. The normalized spacial score (nSPS) is 10.1. The summed E-state index contributed by atoms with van der Waals surface area (Å²) in [4.78, 5) is 0. The molecule has 0 aliphatic carbocycles. The van der Waals surface area contributed by atoms with Crippen LogP contribution in [0.1, 0.15) is 0 Å². The molecule has 0 radical (unpaired) electrons. The van der Waals surface area contributed by atoms with Crippen molar-refractivity contribution in [2.24, 2.45) is 0 Å². The molecule has 3 nitrogen and oxygen atoms in total. The molecular weight excluding hydrogens is 219 g/mol. The molecule has 0 saturated carbocycles. The third-order valence-corrected chi connectivity index (χ3v) is 3.46. The first-order chi connectivity index (χ1) is 7.71. The van der Waals surface area contributed by atoms with Gasteiger partial charge in [-0.15, -0.1) is 26.3 Å². The SMILES string of the molecule is C=CCN(CC=C)[P+](=O)N(CC=C)CC=C. The zero-order valence-corrected chi connectivity index (χ0v) is 10.6. The van der Waals surface area contributed by atoms with E-state index in [0.717, 1.165) is 0 Å². The lowest BCUT2D eigenvalue weighted by Crippen LogP contribution is -2.26. The fourth-order valence-corrected chi connectivity index (χ4v) is 2.58. The molecule has 0 rings (SSSR count). The van der Waals surface area contributed by atoms with Gasteiger partial charge in [0.25, 0.3) is 0 Å². The molecular formula is C12H20N2OP+. The van der Waals surface area contributed by atoms with E-state index >= 15 is 0 Å². The summed E-state index contributed by atoms with van der Waals surface area (Å²) in [5, 5.41) is 0. The van der Waals surface area contributed by atoms with Gasteiger partial charge in [0.15, 0.2) is 0 Å². The van der Waals surface area contributed by atoms with E-state index in [9.17, 15) is 4.57 Å². The highest BCUT2D eigenvalue weighted by molar-refractivity contribution is 7.39. The van der Waals surface area contributed by atoms with Crippen molar-refractivity contribution in [3.63, 3.8) is 0 Å². The van der Waals surface area contributed by atoms with Gasteiger partial charge in [0.1, 0.15) is 0 Å². The van der Waals surface area contributed by atoms with E-state index in [4.69, 9.17) is 0 Å². The molecule has 0 atom stereocenters. The minimum absolute atomic E-state index is 0.575. The summed E-state index contributed by atoms with van der Waals surface area (Å²) >= 11 is 0. The molecule has 0 amide bonds. The molecule has 0 heterocycles. The molecule has 0 aromatic carbocycles. The average Bonchev–Trinajstić information content (AvgIpc) is 2.27. The molecule has 16 heavy (non-hydrogen) atoms. The molecule has 0 aliphatic rings. The van der Waals surface area contributed by atoms with Crippen molar-refractivity contribution in [3.8, 4) is 0 Å². The van der Waals surface area contributed by atoms with Crippen LogP contribution in [0, 0.1) is 0 Å². The Bertz CT molecular complexity index is 230. The highest BCUT2D eigenvalue weighted by atomic mass is 31.1. The van der Waals surface area contributed by atoms with Crippen LogP contribution in [-0.4, -0.2) is 35.5 Å². The van der Waals surface area contributed by atoms with Gasteiger partial charge in [0.2, 0.25) is 0 Å². The van der Waals surface area contributed by atoms with Crippen LogP contribution in [0.5, 0.6) is 0 Å². The molecule has 88 valence electrons. The number of hydrogen-bond acceptors (Lipinski definition) is 1. The van der Waals surface area contributed by atoms with E-state index < -0.39 is 8.10 Å². The maximum Gasteiger partial charge on any atom is 0.538 e. The summed E-state index contributed by atoms with van der Waals surface area (Å²) in [5.41, 5.74) is 0. The number of rotatable bonds is 10. The Kier molecular flexibility index (Phi) is 8.64. The molecule has 0 aromatic rings. The molecule has 0 bridgehead atoms. The second-order valence-corrected chi connectivity index (χ2v) is 4.79. The second kappa shape index (κ2) is 9.22. The van der Waals surface area contributed by atoms with Gasteiger partial charge in [-0.1, -0.05) is 33.6 Å². The van der Waals surface area contributed by atoms with Gasteiger partial charge in [-0.3, -0.25) is 0 Å². The van der Waals surface area contributed by atoms with Gasteiger partial charge in [0.05, 0.1) is 26.2 Å². The van der Waals surface area contributed by atoms with Crippen molar-refractivity contribution >= 4 is 8.10 Å². The van der Waals surface area contributed by atoms with Crippen LogP contribution >= 0.6 is 8.10 Å². The largest absolute Gasteiger partial charge is 0.538 e. The summed E-state index contributed by atoms with van der Waals surface area (Å²) < 4.78 is 15.8. The molecule has 0 aromatic heterocycles. The van der Waals surface area contributed by atoms with Gasteiger partial charge in [-0.25, -0.2) is 0 Å². The Hall–Kier alpha value is -1.02. The minimum Gasteiger partial charge on any atom is -0.102 e. The molecule has 0 fully saturated rings. The van der Waals surface area contributed by atoms with Crippen molar-refractivity contribution in [2.45, 2.75) is 0 Å². The third-order valence-electron chi connectivity index (χ3n) is 1.84. The predicted molar refractivity (Wildman–Crippen MR) is 71.5 cm³/mol. The lowest BCUT2D eigenvalue weighted by molar-refractivity contribution is 0.413. The monoisotopic (exact) mass is 239 g/mol. The van der Waals surface area contributed by atoms with Crippen molar-refractivity contribution < 1.29 is 4.57 Å². The highest BCUT2D eigenvalue weighted by Crippen LogP contribution is 2.31. The molecule has 0 aliphatic heterocycles. The van der Waals surface area contributed by atoms with Crippen LogP contribution in [0.3, 0.4) is 0 Å². The first-order valence-electron chi connectivity index (χ1n) is 5.11. The van der Waals surface area contributed by atoms with E-state index in [2.05, 4.69) is 26.3 Å². The fraction of sp³-hybridized carbons (Fsp3) is 0.333. The number of nitrogens with zero attached hydrogens (tertiary/aromatic N) is 2. The van der Waals surface area contributed by atoms with Crippen LogP contribution < -0.4 is 0 Å². The Morgan fingerprint density at radius 2 is 1.00 bits per heavy atom. The lowest BCUT2D eigenvalue weighted by Gasteiger charge is -2.12. The van der Waals surface area contributed by atoms with Crippen molar-refractivity contribution in [2.75, 3.05) is 26.2 Å². The molecule has 0 spiro atoms. The van der Waals surface area contributed by atoms with E-state index in [-0.39, 0.29) is 0 Å². The first-order valence-corrected chi connectivity index (χ1v) is 6.28. The lowest BCUT2D eigenvalue weighted by atomic mass is 10.5. The van der Waals surface area contributed by atoms with E-state index in [1.54, 1.807) is 24.3 Å². The van der Waals surface area contributed by atoms with E-state index in [1.807, 2.05) is 9.34 Å². The first kappa shape index (κ1) is 15.0. The van der Waals surface area contributed by atoms with Crippen LogP contribution in [0.2, 0.25) is 0 Å². The Morgan fingerprint density at radius 1 is 0.750 bits per heavy atom. The fourth-order valence-electron chi connectivity index (χ4n) is 1.20. The Labute approximate surface area is 99.3 Å². The Morgan fingerprint density at radius 3 is 1.19 bits per heavy atom. The quantitative estimate of drug-likeness (QED) is 0.432. The maximum atomic E-state index is 12.2. The maximum absolute atomic E-state index is 12.2. The Balaban J connectivity index is 4.61. The topological polar surface area (TPSA) is 23.6 Å². The van der Waals surface area contributed by atoms with E-state index in [0.29, 0.717) is 26.2 Å². The summed E-state index contributed by atoms with van der Waals surface area (Å²) in [6, 6.07) is 0. The average molecular weight is 239 g/mol. The zero-order chi connectivity index (χ0) is 12.4. The highest BCUT2D eigenvalue weighted by Gasteiger charge is 2.32. The van der Waals surface area contributed by atoms with Crippen molar-refractivity contribution in [1.82, 2.24) is 9.34 Å². The summed E-state index contributed by atoms with van der Waals surface area (Å²) in [6.07, 6.45) is 6.93. The van der Waals surface area contributed by atoms with Crippen molar-refractivity contribution in [3.05, 3.63) is 50.6 Å². The van der Waals surface area contributed by atoms with Crippen LogP contribution in [0.25, 0.3) is 0 Å². The summed E-state index contributed by atoms with van der Waals surface area (Å²) in [5.74, 6) is 0. The zero-order valence-electron chi connectivity index (χ0n) is 9.72. The van der Waals surface area contributed by atoms with Crippen LogP contribution in [0.15, 0.2) is 50.6 Å². The molecule has 0 saturated heterocycles. The van der Waals surface area contributed by atoms with Gasteiger partial charge in [-0.05, 0) is 4.57 Å². The smallest absolute Gasteiger partial charge is 0.102 e. The molecule has 4 heteroatoms. The van der Waals surface area contributed by atoms with Gasteiger partial charge >= 0.3 is 8.10 Å². The van der Waals surface area contributed by atoms with Gasteiger partial charge < -0.3 is 0 Å². The van der Waals surface area contributed by atoms with E-state index in [1.165, 1.54) is 0 Å². The molecule has 0 unspecified atom stereocenters.